The molecule has 0 aliphatic carbocycles. The largest absolute Gasteiger partial charge is 0.478 e. The summed E-state index contributed by atoms with van der Waals surface area (Å²) in [6, 6.07) is 6.56. The van der Waals surface area contributed by atoms with Crippen LogP contribution in [0.1, 0.15) is 10.4 Å². The van der Waals surface area contributed by atoms with Gasteiger partial charge in [0.1, 0.15) is 5.82 Å². The number of carboxylic acid groups (broad SMARTS) is 1. The number of carbonyl (C=O) groups excluding carboxylic acids is 1. The predicted octanol–water partition coefficient (Wildman–Crippen LogP) is 3.73. The number of nitrogens with zero attached hydrogens (tertiary/aromatic N) is 1. The fourth-order valence-electron chi connectivity index (χ4n) is 1.50. The van der Waals surface area contributed by atoms with Crippen LogP contribution in [0.25, 0.3) is 0 Å². The maximum Gasteiger partial charge on any atom is 0.335 e. The van der Waals surface area contributed by atoms with Crippen molar-refractivity contribution in [3.63, 3.8) is 0 Å². The van der Waals surface area contributed by atoms with Crippen molar-refractivity contribution in [2.24, 2.45) is 0 Å². The van der Waals surface area contributed by atoms with E-state index in [0.717, 1.165) is 0 Å². The number of hydrogen-bond acceptors (Lipinski definition) is 3. The first kappa shape index (κ1) is 15.1. The van der Waals surface area contributed by atoms with Gasteiger partial charge < -0.3 is 10.4 Å². The molecule has 0 atom stereocenters. The topological polar surface area (TPSA) is 91.3 Å². The van der Waals surface area contributed by atoms with Crippen LogP contribution < -0.4 is 10.6 Å². The van der Waals surface area contributed by atoms with Crippen molar-refractivity contribution in [1.29, 1.82) is 0 Å². The minimum absolute atomic E-state index is 0.0149. The highest BCUT2D eigenvalue weighted by atomic mass is 35.5. The normalized spacial score (nSPS) is 10.0. The number of benzene rings is 1. The summed E-state index contributed by atoms with van der Waals surface area (Å²) < 4.78 is 0. The first-order chi connectivity index (χ1) is 9.95. The fourth-order valence-corrected chi connectivity index (χ4v) is 1.83. The van der Waals surface area contributed by atoms with E-state index in [1.807, 2.05) is 0 Å². The van der Waals surface area contributed by atoms with Gasteiger partial charge in [0.25, 0.3) is 0 Å². The summed E-state index contributed by atoms with van der Waals surface area (Å²) in [7, 11) is 0. The van der Waals surface area contributed by atoms with Crippen molar-refractivity contribution in [2.75, 3.05) is 10.6 Å². The molecule has 6 nitrogen and oxygen atoms in total. The van der Waals surface area contributed by atoms with E-state index in [1.165, 1.54) is 24.4 Å². The van der Waals surface area contributed by atoms with E-state index in [9.17, 15) is 9.59 Å². The van der Waals surface area contributed by atoms with Crippen molar-refractivity contribution in [2.45, 2.75) is 0 Å². The molecular formula is C13H9Cl2N3O3. The monoisotopic (exact) mass is 325 g/mol. The van der Waals surface area contributed by atoms with Crippen molar-refractivity contribution in [3.05, 3.63) is 52.1 Å². The summed E-state index contributed by atoms with van der Waals surface area (Å²) in [5, 5.41) is 14.5. The number of nitrogens with one attached hydrogen (secondary N) is 2. The number of urea groups is 1. The van der Waals surface area contributed by atoms with Gasteiger partial charge in [0, 0.05) is 11.2 Å². The molecule has 0 fully saturated rings. The second-order valence-corrected chi connectivity index (χ2v) is 4.78. The average molecular weight is 326 g/mol. The quantitative estimate of drug-likeness (QED) is 0.801. The number of aromatic nitrogens is 1. The van der Waals surface area contributed by atoms with Gasteiger partial charge >= 0.3 is 12.0 Å². The van der Waals surface area contributed by atoms with Crippen LogP contribution in [0.2, 0.25) is 10.0 Å². The lowest BCUT2D eigenvalue weighted by Crippen LogP contribution is -2.20. The Kier molecular flexibility index (Phi) is 4.62. The molecule has 1 aromatic heterocycles. The third kappa shape index (κ3) is 4.08. The molecule has 2 amide bonds. The number of pyridine rings is 1. The van der Waals surface area contributed by atoms with Crippen LogP contribution in [0.4, 0.5) is 16.3 Å². The van der Waals surface area contributed by atoms with Gasteiger partial charge in [-0.3, -0.25) is 5.32 Å². The molecule has 0 aliphatic heterocycles. The van der Waals surface area contributed by atoms with E-state index in [4.69, 9.17) is 28.3 Å². The molecule has 21 heavy (non-hydrogen) atoms. The van der Waals surface area contributed by atoms with Gasteiger partial charge in [-0.25, -0.2) is 14.6 Å². The smallest absolute Gasteiger partial charge is 0.335 e. The highest BCUT2D eigenvalue weighted by Crippen LogP contribution is 2.25. The van der Waals surface area contributed by atoms with Crippen molar-refractivity contribution < 1.29 is 14.7 Å². The van der Waals surface area contributed by atoms with Crippen LogP contribution in [-0.4, -0.2) is 22.1 Å². The molecule has 2 aromatic rings. The number of anilines is 2. The Balaban J connectivity index is 2.10. The minimum atomic E-state index is -1.11. The maximum absolute atomic E-state index is 11.8. The van der Waals surface area contributed by atoms with Gasteiger partial charge in [0.05, 0.1) is 16.3 Å². The molecule has 0 aliphatic rings. The van der Waals surface area contributed by atoms with Gasteiger partial charge in [0.2, 0.25) is 0 Å². The van der Waals surface area contributed by atoms with Crippen LogP contribution in [-0.2, 0) is 0 Å². The fraction of sp³-hybridized carbons (Fsp3) is 0. The minimum Gasteiger partial charge on any atom is -0.478 e. The number of amides is 2. The Labute approximate surface area is 129 Å². The van der Waals surface area contributed by atoms with Crippen LogP contribution in [0.5, 0.6) is 0 Å². The summed E-state index contributed by atoms with van der Waals surface area (Å²) >= 11 is 11.7. The summed E-state index contributed by atoms with van der Waals surface area (Å²) in [6.45, 7) is 0. The standard InChI is InChI=1S/C13H9Cl2N3O3/c14-8-1-2-9(15)10(6-8)17-13(21)18-11-5-7(12(19)20)3-4-16-11/h1-6H,(H,19,20)(H2,16,17,18,21). The Morgan fingerprint density at radius 2 is 1.86 bits per heavy atom. The average Bonchev–Trinajstić information content (AvgIpc) is 2.43. The van der Waals surface area contributed by atoms with Crippen molar-refractivity contribution in [1.82, 2.24) is 4.98 Å². The van der Waals surface area contributed by atoms with Crippen LogP contribution in [0.3, 0.4) is 0 Å². The Hall–Kier alpha value is -2.31. The molecule has 0 radical (unpaired) electrons. The van der Waals surface area contributed by atoms with Gasteiger partial charge in [-0.2, -0.15) is 0 Å². The van der Waals surface area contributed by atoms with Crippen LogP contribution in [0.15, 0.2) is 36.5 Å². The van der Waals surface area contributed by atoms with Gasteiger partial charge in [-0.15, -0.1) is 0 Å². The summed E-state index contributed by atoms with van der Waals surface area (Å²) in [4.78, 5) is 26.5. The van der Waals surface area contributed by atoms with E-state index in [1.54, 1.807) is 12.1 Å². The summed E-state index contributed by atoms with van der Waals surface area (Å²) in [6.07, 6.45) is 1.28. The highest BCUT2D eigenvalue weighted by molar-refractivity contribution is 6.35. The molecule has 0 unspecified atom stereocenters. The van der Waals surface area contributed by atoms with Gasteiger partial charge in [0.15, 0.2) is 0 Å². The molecule has 0 saturated carbocycles. The lowest BCUT2D eigenvalue weighted by Gasteiger charge is -2.09. The zero-order chi connectivity index (χ0) is 15.4. The predicted molar refractivity (Wildman–Crippen MR) is 80.3 cm³/mol. The van der Waals surface area contributed by atoms with E-state index in [2.05, 4.69) is 15.6 Å². The Morgan fingerprint density at radius 3 is 2.57 bits per heavy atom. The summed E-state index contributed by atoms with van der Waals surface area (Å²) in [5.41, 5.74) is 0.345. The molecule has 108 valence electrons. The summed E-state index contributed by atoms with van der Waals surface area (Å²) in [5.74, 6) is -1.01. The number of halogens is 2. The zero-order valence-electron chi connectivity index (χ0n) is 10.4. The van der Waals surface area contributed by atoms with Crippen molar-refractivity contribution >= 4 is 46.7 Å². The molecule has 0 bridgehead atoms. The number of rotatable bonds is 3. The molecule has 1 heterocycles. The van der Waals surface area contributed by atoms with Crippen molar-refractivity contribution in [3.8, 4) is 0 Å². The third-order valence-corrected chi connectivity index (χ3v) is 2.99. The van der Waals surface area contributed by atoms with Crippen LogP contribution in [0, 0.1) is 0 Å². The first-order valence-electron chi connectivity index (χ1n) is 5.68. The van der Waals surface area contributed by atoms with E-state index >= 15 is 0 Å². The third-order valence-electron chi connectivity index (χ3n) is 2.43. The number of carbonyl (C=O) groups is 2. The highest BCUT2D eigenvalue weighted by Gasteiger charge is 2.09. The lowest BCUT2D eigenvalue weighted by molar-refractivity contribution is 0.0696. The second kappa shape index (κ2) is 6.43. The lowest BCUT2D eigenvalue weighted by atomic mass is 10.2. The Bertz CT molecular complexity index is 707. The Morgan fingerprint density at radius 1 is 1.10 bits per heavy atom. The maximum atomic E-state index is 11.8. The molecule has 0 spiro atoms. The second-order valence-electron chi connectivity index (χ2n) is 3.94. The van der Waals surface area contributed by atoms with Gasteiger partial charge in [-0.1, -0.05) is 23.2 Å². The number of aromatic carboxylic acids is 1. The molecule has 8 heteroatoms. The SMILES string of the molecule is O=C(Nc1cc(C(=O)O)ccn1)Nc1cc(Cl)ccc1Cl. The van der Waals surface area contributed by atoms with E-state index in [-0.39, 0.29) is 11.4 Å². The number of carboxylic acids is 1. The number of hydrogen-bond donors (Lipinski definition) is 3. The zero-order valence-corrected chi connectivity index (χ0v) is 11.9. The van der Waals surface area contributed by atoms with Gasteiger partial charge in [-0.05, 0) is 30.3 Å². The first-order valence-corrected chi connectivity index (χ1v) is 6.43. The van der Waals surface area contributed by atoms with E-state index in [0.29, 0.717) is 15.7 Å². The van der Waals surface area contributed by atoms with Crippen LogP contribution >= 0.6 is 23.2 Å². The molecule has 0 saturated heterocycles. The molecule has 3 N–H and O–H groups in total. The molecule has 2 rings (SSSR count). The molecule has 1 aromatic carbocycles. The van der Waals surface area contributed by atoms with E-state index < -0.39 is 12.0 Å². The molecular weight excluding hydrogens is 317 g/mol.